The summed E-state index contributed by atoms with van der Waals surface area (Å²) >= 11 is 5.75. The zero-order chi connectivity index (χ0) is 56.0. The predicted molar refractivity (Wildman–Crippen MR) is 333 cm³/mol. The SMILES string of the molecule is CCCCCCCCCCS(=O)(=O)c1cc(-c2cc(S(=O)(=O)CCCCCCCCCC)c(C)s2)sc1C.CCCCCCCCCCS(=O)(=O)c1cc(-c2sc(C)cc2S(=O)(=O)CCCCCCCCCC)sc1C. The van der Waals surface area contributed by atoms with E-state index in [4.69, 9.17) is 0 Å². The van der Waals surface area contributed by atoms with Crippen molar-refractivity contribution in [2.75, 3.05) is 23.0 Å². The third-order valence-corrected chi connectivity index (χ3v) is 27.0. The maximum absolute atomic E-state index is 13.3. The molecule has 0 N–H and O–H groups in total. The zero-order valence-electron chi connectivity index (χ0n) is 48.3. The minimum Gasteiger partial charge on any atom is -0.224 e. The molecule has 0 aliphatic rings. The van der Waals surface area contributed by atoms with Crippen molar-refractivity contribution in [2.45, 2.75) is 280 Å². The molecule has 0 unspecified atom stereocenters. The van der Waals surface area contributed by atoms with Gasteiger partial charge in [-0.25, -0.2) is 33.7 Å². The fraction of sp³-hybridized carbons (Fsp3) is 0.733. The quantitative estimate of drug-likeness (QED) is 0.0400. The molecule has 8 nitrogen and oxygen atoms in total. The van der Waals surface area contributed by atoms with Crippen molar-refractivity contribution in [1.82, 2.24) is 0 Å². The van der Waals surface area contributed by atoms with Gasteiger partial charge in [-0.2, -0.15) is 0 Å². The lowest BCUT2D eigenvalue weighted by Gasteiger charge is -2.06. The number of sulfone groups is 4. The molecule has 0 aliphatic carbocycles. The van der Waals surface area contributed by atoms with Crippen LogP contribution in [0.25, 0.3) is 19.5 Å². The Morgan fingerprint density at radius 2 is 0.500 bits per heavy atom. The van der Waals surface area contributed by atoms with Gasteiger partial charge in [-0.3, -0.25) is 0 Å². The molecular formula is C60H100O8S8. The van der Waals surface area contributed by atoms with E-state index in [9.17, 15) is 33.7 Å². The summed E-state index contributed by atoms with van der Waals surface area (Å²) in [6.45, 7) is 16.3. The molecule has 0 radical (unpaired) electrons. The highest BCUT2D eigenvalue weighted by molar-refractivity contribution is 7.92. The van der Waals surface area contributed by atoms with Crippen LogP contribution in [-0.2, 0) is 39.3 Å². The lowest BCUT2D eigenvalue weighted by atomic mass is 10.1. The molecule has 16 heteroatoms. The van der Waals surface area contributed by atoms with Crippen molar-refractivity contribution >= 4 is 84.7 Å². The average molecular weight is 1210 g/mol. The van der Waals surface area contributed by atoms with Crippen molar-refractivity contribution in [3.05, 3.63) is 43.8 Å². The Kier molecular flexibility index (Phi) is 33.4. The largest absolute Gasteiger partial charge is 0.224 e. The van der Waals surface area contributed by atoms with E-state index in [1.54, 1.807) is 24.3 Å². The Labute approximate surface area is 481 Å². The van der Waals surface area contributed by atoms with Crippen molar-refractivity contribution in [1.29, 1.82) is 0 Å². The molecule has 0 aliphatic heterocycles. The van der Waals surface area contributed by atoms with Crippen LogP contribution in [0.5, 0.6) is 0 Å². The molecule has 4 aromatic rings. The first-order chi connectivity index (χ1) is 36.2. The van der Waals surface area contributed by atoms with Crippen LogP contribution in [0.2, 0.25) is 0 Å². The summed E-state index contributed by atoms with van der Waals surface area (Å²) < 4.78 is 105. The molecule has 0 saturated carbocycles. The second-order valence-corrected chi connectivity index (χ2v) is 34.7. The molecular weight excluding hydrogens is 1110 g/mol. The second-order valence-electron chi connectivity index (χ2n) is 21.3. The van der Waals surface area contributed by atoms with Crippen LogP contribution in [0.3, 0.4) is 0 Å². The first kappa shape index (κ1) is 68.9. The number of unbranched alkanes of at least 4 members (excludes halogenated alkanes) is 28. The molecule has 0 atom stereocenters. The van der Waals surface area contributed by atoms with Gasteiger partial charge in [0.25, 0.3) is 0 Å². The van der Waals surface area contributed by atoms with Crippen LogP contribution in [0.4, 0.5) is 0 Å². The molecule has 4 aromatic heterocycles. The Morgan fingerprint density at radius 1 is 0.276 bits per heavy atom. The third-order valence-electron chi connectivity index (χ3n) is 14.3. The second kappa shape index (κ2) is 36.9. The van der Waals surface area contributed by atoms with Crippen LogP contribution < -0.4 is 0 Å². The summed E-state index contributed by atoms with van der Waals surface area (Å²) in [5, 5.41) is 0. The van der Waals surface area contributed by atoms with E-state index < -0.39 is 39.3 Å². The van der Waals surface area contributed by atoms with Gasteiger partial charge in [0.05, 0.1) is 47.5 Å². The lowest BCUT2D eigenvalue weighted by molar-refractivity contribution is 0.572. The van der Waals surface area contributed by atoms with E-state index in [0.29, 0.717) is 50.1 Å². The van der Waals surface area contributed by atoms with E-state index in [-0.39, 0.29) is 23.0 Å². The van der Waals surface area contributed by atoms with Crippen molar-refractivity contribution < 1.29 is 33.7 Å². The van der Waals surface area contributed by atoms with Crippen molar-refractivity contribution in [3.8, 4) is 19.5 Å². The number of hydrogen-bond donors (Lipinski definition) is 0. The van der Waals surface area contributed by atoms with Crippen LogP contribution in [0, 0.1) is 27.7 Å². The van der Waals surface area contributed by atoms with Crippen LogP contribution in [0.15, 0.2) is 43.8 Å². The van der Waals surface area contributed by atoms with Gasteiger partial charge in [0, 0.05) is 34.1 Å². The highest BCUT2D eigenvalue weighted by Crippen LogP contribution is 2.43. The maximum Gasteiger partial charge on any atom is 0.179 e. The van der Waals surface area contributed by atoms with E-state index in [1.807, 2.05) is 27.7 Å². The van der Waals surface area contributed by atoms with Gasteiger partial charge in [0.15, 0.2) is 39.3 Å². The lowest BCUT2D eigenvalue weighted by Crippen LogP contribution is -2.07. The summed E-state index contributed by atoms with van der Waals surface area (Å²) in [6.07, 6.45) is 35.7. The fourth-order valence-corrected chi connectivity index (χ4v) is 22.1. The molecule has 0 saturated heterocycles. The summed E-state index contributed by atoms with van der Waals surface area (Å²) in [6, 6.07) is 7.02. The van der Waals surface area contributed by atoms with Crippen molar-refractivity contribution in [2.24, 2.45) is 0 Å². The average Bonchev–Trinajstić information content (AvgIpc) is 4.18. The van der Waals surface area contributed by atoms with E-state index in [0.717, 1.165) is 85.5 Å². The number of thiophene rings is 4. The number of hydrogen-bond acceptors (Lipinski definition) is 12. The molecule has 436 valence electrons. The predicted octanol–water partition coefficient (Wildman–Crippen LogP) is 19.8. The van der Waals surface area contributed by atoms with Crippen LogP contribution in [0.1, 0.15) is 253 Å². The van der Waals surface area contributed by atoms with E-state index in [2.05, 4.69) is 27.7 Å². The van der Waals surface area contributed by atoms with Crippen molar-refractivity contribution in [3.63, 3.8) is 0 Å². The Morgan fingerprint density at radius 3 is 0.776 bits per heavy atom. The van der Waals surface area contributed by atoms with Gasteiger partial charge in [-0.15, -0.1) is 45.3 Å². The number of rotatable bonds is 42. The van der Waals surface area contributed by atoms with Gasteiger partial charge in [0.1, 0.15) is 0 Å². The topological polar surface area (TPSA) is 137 Å². The Hall–Kier alpha value is -1.40. The van der Waals surface area contributed by atoms with Gasteiger partial charge < -0.3 is 0 Å². The van der Waals surface area contributed by atoms with Gasteiger partial charge in [-0.05, 0) is 77.6 Å². The monoisotopic (exact) mass is 1200 g/mol. The number of aryl methyl sites for hydroxylation is 4. The summed E-state index contributed by atoms with van der Waals surface area (Å²) in [7, 11) is -13.5. The zero-order valence-corrected chi connectivity index (χ0v) is 54.8. The molecule has 4 heterocycles. The molecule has 4 rings (SSSR count). The molecule has 0 fully saturated rings. The van der Waals surface area contributed by atoms with Crippen LogP contribution in [-0.4, -0.2) is 56.7 Å². The van der Waals surface area contributed by atoms with Crippen LogP contribution >= 0.6 is 45.3 Å². The van der Waals surface area contributed by atoms with E-state index in [1.165, 1.54) is 174 Å². The van der Waals surface area contributed by atoms with Gasteiger partial charge in [0.2, 0.25) is 0 Å². The van der Waals surface area contributed by atoms with Gasteiger partial charge in [-0.1, -0.05) is 207 Å². The first-order valence-corrected chi connectivity index (χ1v) is 39.5. The fourth-order valence-electron chi connectivity index (χ4n) is 9.71. The maximum atomic E-state index is 13.3. The normalized spacial score (nSPS) is 12.4. The third kappa shape index (κ3) is 24.8. The molecule has 0 amide bonds. The molecule has 0 bridgehead atoms. The standard InChI is InChI=1S/2C30H50O4S4/c1-5-7-9-11-13-15-17-19-21-37(31,32)29-23-27(35-25(29)3)28-24-30(26(4)36-28)38(33,34)22-20-18-16-14-12-10-8-6-2;1-5-7-9-11-13-15-17-19-21-37(31,32)28-24-27(36-26(28)4)30-29(23-25(3)35-30)38(33,34)22-20-18-16-14-12-10-8-6-2/h2*23-24H,5-22H2,1-4H3. The summed E-state index contributed by atoms with van der Waals surface area (Å²) in [5.74, 6) is 0.673. The Bertz CT molecular complexity index is 2590. The van der Waals surface area contributed by atoms with Gasteiger partial charge >= 0.3 is 0 Å². The minimum absolute atomic E-state index is 0.152. The molecule has 0 aromatic carbocycles. The smallest absolute Gasteiger partial charge is 0.179 e. The molecule has 0 spiro atoms. The summed E-state index contributed by atoms with van der Waals surface area (Å²) in [5.41, 5.74) is 0. The molecule has 76 heavy (non-hydrogen) atoms. The minimum atomic E-state index is -3.42. The van der Waals surface area contributed by atoms with E-state index >= 15 is 0 Å². The highest BCUT2D eigenvalue weighted by Gasteiger charge is 2.28. The first-order valence-electron chi connectivity index (χ1n) is 29.6. The summed E-state index contributed by atoms with van der Waals surface area (Å²) in [4.78, 5) is 7.97. The highest BCUT2D eigenvalue weighted by atomic mass is 32.2. The Balaban J connectivity index is 0.000000400.